The van der Waals surface area contributed by atoms with Gasteiger partial charge >= 0.3 is 5.97 Å². The van der Waals surface area contributed by atoms with E-state index in [-0.39, 0.29) is 5.97 Å². The average Bonchev–Trinajstić information content (AvgIpc) is 2.27. The molecule has 0 aliphatic heterocycles. The zero-order chi connectivity index (χ0) is 11.1. The lowest BCUT2D eigenvalue weighted by atomic mass is 10.1. The normalized spacial score (nSPS) is 9.47. The highest BCUT2D eigenvalue weighted by Crippen LogP contribution is 2.10. The predicted octanol–water partition coefficient (Wildman–Crippen LogP) is 3.34. The molecule has 0 saturated carbocycles. The molecule has 0 spiro atoms. The Balaban J connectivity index is 2.60. The molecule has 0 saturated heterocycles. The van der Waals surface area contributed by atoms with Gasteiger partial charge in [-0.3, -0.25) is 0 Å². The molecule has 0 fully saturated rings. The molecule has 0 bridgehead atoms. The highest BCUT2D eigenvalue weighted by Gasteiger charge is 2.01. The van der Waals surface area contributed by atoms with Gasteiger partial charge in [-0.25, -0.2) is 4.79 Å². The van der Waals surface area contributed by atoms with E-state index < -0.39 is 0 Å². The van der Waals surface area contributed by atoms with Crippen LogP contribution in [0.3, 0.4) is 0 Å². The van der Waals surface area contributed by atoms with Gasteiger partial charge in [0.2, 0.25) is 0 Å². The van der Waals surface area contributed by atoms with Gasteiger partial charge in [0.25, 0.3) is 0 Å². The zero-order valence-electron chi connectivity index (χ0n) is 9.19. The van der Waals surface area contributed by atoms with Crippen molar-refractivity contribution in [1.82, 2.24) is 0 Å². The van der Waals surface area contributed by atoms with Crippen molar-refractivity contribution >= 4 is 5.97 Å². The number of carbonyl (C=O) groups excluding carboxylic acids is 1. The average molecular weight is 204 g/mol. The summed E-state index contributed by atoms with van der Waals surface area (Å²) in [4.78, 5) is 11.4. The van der Waals surface area contributed by atoms with Gasteiger partial charge in [0.15, 0.2) is 0 Å². The van der Waals surface area contributed by atoms with Crippen molar-refractivity contribution in [2.75, 3.05) is 0 Å². The fourth-order valence-corrected chi connectivity index (χ4v) is 1.25. The number of allylic oxidation sites excluding steroid dienone is 1. The standard InChI is InChI=1S/C13H16O2/c1-3-11(4-2)10-13(14)15-12-8-6-5-7-9-12/h5-10H,3-4H2,1-2H3. The lowest BCUT2D eigenvalue weighted by Crippen LogP contribution is -2.04. The van der Waals surface area contributed by atoms with E-state index in [1.54, 1.807) is 18.2 Å². The monoisotopic (exact) mass is 204 g/mol. The number of rotatable bonds is 4. The molecule has 1 aromatic carbocycles. The topological polar surface area (TPSA) is 26.3 Å². The van der Waals surface area contributed by atoms with Crippen LogP contribution in [0.15, 0.2) is 42.0 Å². The minimum atomic E-state index is -0.292. The van der Waals surface area contributed by atoms with E-state index in [0.717, 1.165) is 18.4 Å². The van der Waals surface area contributed by atoms with Gasteiger partial charge in [-0.1, -0.05) is 37.6 Å². The number of ether oxygens (including phenoxy) is 1. The van der Waals surface area contributed by atoms with E-state index in [1.165, 1.54) is 0 Å². The summed E-state index contributed by atoms with van der Waals surface area (Å²) in [5.74, 6) is 0.296. The van der Waals surface area contributed by atoms with Crippen LogP contribution in [-0.4, -0.2) is 5.97 Å². The summed E-state index contributed by atoms with van der Waals surface area (Å²) in [6.07, 6.45) is 3.35. The Kier molecular flexibility index (Phi) is 4.61. The number of carbonyl (C=O) groups is 1. The van der Waals surface area contributed by atoms with Crippen LogP contribution in [0.1, 0.15) is 26.7 Å². The summed E-state index contributed by atoms with van der Waals surface area (Å²) in [7, 11) is 0. The van der Waals surface area contributed by atoms with E-state index in [0.29, 0.717) is 5.75 Å². The molecule has 0 heterocycles. The van der Waals surface area contributed by atoms with Crippen molar-refractivity contribution in [2.24, 2.45) is 0 Å². The second-order valence-corrected chi connectivity index (χ2v) is 3.24. The Bertz CT molecular complexity index is 333. The van der Waals surface area contributed by atoms with Crippen molar-refractivity contribution in [2.45, 2.75) is 26.7 Å². The molecule has 0 aliphatic rings. The number of esters is 1. The maximum atomic E-state index is 11.4. The van der Waals surface area contributed by atoms with E-state index in [4.69, 9.17) is 4.74 Å². The van der Waals surface area contributed by atoms with Crippen LogP contribution in [0.25, 0.3) is 0 Å². The third kappa shape index (κ3) is 3.98. The van der Waals surface area contributed by atoms with Crippen molar-refractivity contribution in [3.8, 4) is 5.75 Å². The Morgan fingerprint density at radius 3 is 2.33 bits per heavy atom. The number of hydrogen-bond donors (Lipinski definition) is 0. The zero-order valence-corrected chi connectivity index (χ0v) is 9.19. The highest BCUT2D eigenvalue weighted by molar-refractivity contribution is 5.84. The predicted molar refractivity (Wildman–Crippen MR) is 60.7 cm³/mol. The summed E-state index contributed by atoms with van der Waals surface area (Å²) in [6, 6.07) is 9.10. The molecule has 0 aromatic heterocycles. The molecule has 0 radical (unpaired) electrons. The third-order valence-corrected chi connectivity index (χ3v) is 2.19. The van der Waals surface area contributed by atoms with Crippen LogP contribution in [0.4, 0.5) is 0 Å². The lowest BCUT2D eigenvalue weighted by molar-refractivity contribution is -0.129. The fraction of sp³-hybridized carbons (Fsp3) is 0.308. The fourth-order valence-electron chi connectivity index (χ4n) is 1.25. The third-order valence-electron chi connectivity index (χ3n) is 2.19. The van der Waals surface area contributed by atoms with Crippen LogP contribution in [-0.2, 0) is 4.79 Å². The first-order valence-electron chi connectivity index (χ1n) is 5.22. The van der Waals surface area contributed by atoms with Crippen molar-refractivity contribution in [3.63, 3.8) is 0 Å². The van der Waals surface area contributed by atoms with Crippen LogP contribution in [0, 0.1) is 0 Å². The van der Waals surface area contributed by atoms with Gasteiger partial charge in [-0.15, -0.1) is 0 Å². The van der Waals surface area contributed by atoms with Gasteiger partial charge in [0, 0.05) is 6.08 Å². The van der Waals surface area contributed by atoms with E-state index in [1.807, 2.05) is 32.0 Å². The molecule has 2 nitrogen and oxygen atoms in total. The minimum absolute atomic E-state index is 0.292. The summed E-state index contributed by atoms with van der Waals surface area (Å²) < 4.78 is 5.13. The smallest absolute Gasteiger partial charge is 0.336 e. The molecule has 0 atom stereocenters. The van der Waals surface area contributed by atoms with Gasteiger partial charge in [-0.05, 0) is 25.0 Å². The van der Waals surface area contributed by atoms with Crippen molar-refractivity contribution in [3.05, 3.63) is 42.0 Å². The van der Waals surface area contributed by atoms with Gasteiger partial charge in [-0.2, -0.15) is 0 Å². The summed E-state index contributed by atoms with van der Waals surface area (Å²) in [5, 5.41) is 0. The van der Waals surface area contributed by atoms with E-state index in [2.05, 4.69) is 0 Å². The molecular weight excluding hydrogens is 188 g/mol. The number of hydrogen-bond acceptors (Lipinski definition) is 2. The highest BCUT2D eigenvalue weighted by atomic mass is 16.5. The molecule has 1 aromatic rings. The first-order chi connectivity index (χ1) is 7.26. The van der Waals surface area contributed by atoms with Crippen LogP contribution < -0.4 is 4.74 Å². The molecule has 0 unspecified atom stereocenters. The molecular formula is C13H16O2. The Labute approximate surface area is 90.6 Å². The van der Waals surface area contributed by atoms with Crippen LogP contribution in [0.5, 0.6) is 5.75 Å². The van der Waals surface area contributed by atoms with Crippen LogP contribution >= 0.6 is 0 Å². The molecule has 1 rings (SSSR count). The van der Waals surface area contributed by atoms with Gasteiger partial charge in [0.1, 0.15) is 5.75 Å². The Hall–Kier alpha value is -1.57. The van der Waals surface area contributed by atoms with Crippen molar-refractivity contribution in [1.29, 1.82) is 0 Å². The number of para-hydroxylation sites is 1. The quantitative estimate of drug-likeness (QED) is 0.427. The number of benzene rings is 1. The molecule has 0 aliphatic carbocycles. The summed E-state index contributed by atoms with van der Waals surface area (Å²) in [5.41, 5.74) is 1.11. The minimum Gasteiger partial charge on any atom is -0.423 e. The molecule has 0 amide bonds. The molecule has 0 N–H and O–H groups in total. The van der Waals surface area contributed by atoms with E-state index in [9.17, 15) is 4.79 Å². The second-order valence-electron chi connectivity index (χ2n) is 3.24. The maximum Gasteiger partial charge on any atom is 0.336 e. The van der Waals surface area contributed by atoms with Crippen LogP contribution in [0.2, 0.25) is 0 Å². The first kappa shape index (κ1) is 11.5. The van der Waals surface area contributed by atoms with Crippen molar-refractivity contribution < 1.29 is 9.53 Å². The van der Waals surface area contributed by atoms with E-state index >= 15 is 0 Å². The lowest BCUT2D eigenvalue weighted by Gasteiger charge is -2.02. The molecule has 80 valence electrons. The Morgan fingerprint density at radius 1 is 1.20 bits per heavy atom. The van der Waals surface area contributed by atoms with Gasteiger partial charge in [0.05, 0.1) is 0 Å². The summed E-state index contributed by atoms with van der Waals surface area (Å²) in [6.45, 7) is 4.07. The van der Waals surface area contributed by atoms with Gasteiger partial charge < -0.3 is 4.74 Å². The molecule has 15 heavy (non-hydrogen) atoms. The first-order valence-corrected chi connectivity index (χ1v) is 5.22. The second kappa shape index (κ2) is 6.02. The maximum absolute atomic E-state index is 11.4. The largest absolute Gasteiger partial charge is 0.423 e. The Morgan fingerprint density at radius 2 is 1.80 bits per heavy atom. The summed E-state index contributed by atoms with van der Waals surface area (Å²) >= 11 is 0. The SMILES string of the molecule is CCC(=CC(=O)Oc1ccccc1)CC. The molecule has 2 heteroatoms.